The summed E-state index contributed by atoms with van der Waals surface area (Å²) in [6.45, 7) is 8.06. The summed E-state index contributed by atoms with van der Waals surface area (Å²) in [5.74, 6) is 0. The van der Waals surface area contributed by atoms with Gasteiger partial charge >= 0.3 is 0 Å². The van der Waals surface area contributed by atoms with Crippen LogP contribution in [0.1, 0.15) is 44.4 Å². The number of aryl methyl sites for hydroxylation is 1. The van der Waals surface area contributed by atoms with Crippen molar-refractivity contribution in [1.82, 2.24) is 9.59 Å². The normalized spacial score (nSPS) is 14.5. The molecule has 1 aromatic heterocycles. The van der Waals surface area contributed by atoms with E-state index >= 15 is 0 Å². The van der Waals surface area contributed by atoms with Crippen LogP contribution in [0.4, 0.5) is 0 Å². The highest BCUT2D eigenvalue weighted by Gasteiger charge is 2.27. The first-order chi connectivity index (χ1) is 5.96. The minimum absolute atomic E-state index is 0.141. The average molecular weight is 200 g/mol. The fourth-order valence-corrected chi connectivity index (χ4v) is 2.03. The molecule has 4 heteroatoms. The molecule has 0 aromatic carbocycles. The van der Waals surface area contributed by atoms with Gasteiger partial charge in [-0.1, -0.05) is 32.2 Å². The van der Waals surface area contributed by atoms with Gasteiger partial charge in [-0.05, 0) is 23.4 Å². The van der Waals surface area contributed by atoms with Gasteiger partial charge in [-0.2, -0.15) is 0 Å². The lowest BCUT2D eigenvalue weighted by Gasteiger charge is -2.24. The van der Waals surface area contributed by atoms with E-state index in [-0.39, 0.29) is 5.41 Å². The SMILES string of the molecule is CCc1nnsc1C(O)C(C)(C)C. The summed E-state index contributed by atoms with van der Waals surface area (Å²) in [6, 6.07) is 0. The fourth-order valence-electron chi connectivity index (χ4n) is 1.06. The molecule has 1 rings (SSSR count). The van der Waals surface area contributed by atoms with Gasteiger partial charge in [0.1, 0.15) is 0 Å². The number of hydrogen-bond donors (Lipinski definition) is 1. The zero-order chi connectivity index (χ0) is 10.1. The van der Waals surface area contributed by atoms with Crippen LogP contribution in [0.3, 0.4) is 0 Å². The summed E-state index contributed by atoms with van der Waals surface area (Å²) < 4.78 is 3.86. The average Bonchev–Trinajstić information content (AvgIpc) is 2.48. The minimum Gasteiger partial charge on any atom is -0.387 e. The van der Waals surface area contributed by atoms with Crippen LogP contribution < -0.4 is 0 Å². The van der Waals surface area contributed by atoms with Crippen LogP contribution in [0.25, 0.3) is 0 Å². The van der Waals surface area contributed by atoms with Crippen molar-refractivity contribution < 1.29 is 5.11 Å². The second-order valence-electron chi connectivity index (χ2n) is 4.21. The topological polar surface area (TPSA) is 46.0 Å². The number of nitrogens with zero attached hydrogens (tertiary/aromatic N) is 2. The summed E-state index contributed by atoms with van der Waals surface area (Å²) in [4.78, 5) is 0.912. The summed E-state index contributed by atoms with van der Waals surface area (Å²) in [5, 5.41) is 14.0. The molecule has 0 aliphatic heterocycles. The highest BCUT2D eigenvalue weighted by atomic mass is 32.1. The van der Waals surface area contributed by atoms with E-state index in [0.717, 1.165) is 17.0 Å². The number of aromatic nitrogens is 2. The molecular weight excluding hydrogens is 184 g/mol. The highest BCUT2D eigenvalue weighted by molar-refractivity contribution is 7.05. The molecule has 0 spiro atoms. The summed E-state index contributed by atoms with van der Waals surface area (Å²) in [7, 11) is 0. The summed E-state index contributed by atoms with van der Waals surface area (Å²) in [5.41, 5.74) is 0.783. The Bertz CT molecular complexity index is 277. The fraction of sp³-hybridized carbons (Fsp3) is 0.778. The molecule has 74 valence electrons. The Labute approximate surface area is 83.0 Å². The molecule has 13 heavy (non-hydrogen) atoms. The third-order valence-corrected chi connectivity index (χ3v) is 2.81. The number of rotatable bonds is 2. The lowest BCUT2D eigenvalue weighted by Crippen LogP contribution is -2.17. The van der Waals surface area contributed by atoms with Crippen LogP contribution >= 0.6 is 11.5 Å². The number of hydrogen-bond acceptors (Lipinski definition) is 4. The molecule has 0 saturated heterocycles. The first kappa shape index (κ1) is 10.6. The first-order valence-electron chi connectivity index (χ1n) is 4.46. The van der Waals surface area contributed by atoms with Crippen molar-refractivity contribution in [3.05, 3.63) is 10.6 Å². The van der Waals surface area contributed by atoms with Crippen LogP contribution in [0.15, 0.2) is 0 Å². The van der Waals surface area contributed by atoms with Gasteiger partial charge in [0.15, 0.2) is 0 Å². The molecule has 1 heterocycles. The van der Waals surface area contributed by atoms with Crippen LogP contribution in [0.5, 0.6) is 0 Å². The Kier molecular flexibility index (Phi) is 3.03. The van der Waals surface area contributed by atoms with E-state index in [1.165, 1.54) is 11.5 Å². The Morgan fingerprint density at radius 3 is 2.54 bits per heavy atom. The van der Waals surface area contributed by atoms with E-state index in [1.807, 2.05) is 27.7 Å². The lowest BCUT2D eigenvalue weighted by atomic mass is 9.87. The standard InChI is InChI=1S/C9H16N2OS/c1-5-6-7(13-11-10-6)8(12)9(2,3)4/h8,12H,5H2,1-4H3. The minimum atomic E-state index is -0.456. The molecule has 0 fully saturated rings. The van der Waals surface area contributed by atoms with E-state index in [0.29, 0.717) is 0 Å². The molecule has 3 nitrogen and oxygen atoms in total. The van der Waals surface area contributed by atoms with E-state index in [1.54, 1.807) is 0 Å². The maximum absolute atomic E-state index is 9.99. The highest BCUT2D eigenvalue weighted by Crippen LogP contribution is 2.35. The molecule has 0 aliphatic rings. The Hall–Kier alpha value is -0.480. The van der Waals surface area contributed by atoms with Gasteiger partial charge in [-0.15, -0.1) is 5.10 Å². The predicted octanol–water partition coefficient (Wildman–Crippen LogP) is 2.18. The van der Waals surface area contributed by atoms with Crippen molar-refractivity contribution in [2.45, 2.75) is 40.2 Å². The van der Waals surface area contributed by atoms with Crippen molar-refractivity contribution in [3.63, 3.8) is 0 Å². The maximum atomic E-state index is 9.99. The van der Waals surface area contributed by atoms with E-state index < -0.39 is 6.10 Å². The van der Waals surface area contributed by atoms with Crippen LogP contribution in [0.2, 0.25) is 0 Å². The lowest BCUT2D eigenvalue weighted by molar-refractivity contribution is 0.0649. The monoisotopic (exact) mass is 200 g/mol. The van der Waals surface area contributed by atoms with Gasteiger partial charge in [0.05, 0.1) is 16.7 Å². The molecule has 1 atom stereocenters. The molecule has 1 aromatic rings. The first-order valence-corrected chi connectivity index (χ1v) is 5.23. The number of aliphatic hydroxyl groups is 1. The zero-order valence-corrected chi connectivity index (χ0v) is 9.35. The van der Waals surface area contributed by atoms with Gasteiger partial charge < -0.3 is 5.11 Å². The quantitative estimate of drug-likeness (QED) is 0.796. The van der Waals surface area contributed by atoms with Crippen molar-refractivity contribution in [2.75, 3.05) is 0 Å². The Morgan fingerprint density at radius 2 is 2.08 bits per heavy atom. The number of aliphatic hydroxyl groups excluding tert-OH is 1. The summed E-state index contributed by atoms with van der Waals surface area (Å²) in [6.07, 6.45) is 0.376. The smallest absolute Gasteiger partial charge is 0.0965 e. The van der Waals surface area contributed by atoms with Gasteiger partial charge in [0.2, 0.25) is 0 Å². The molecule has 0 radical (unpaired) electrons. The second kappa shape index (κ2) is 3.72. The zero-order valence-electron chi connectivity index (χ0n) is 8.53. The van der Waals surface area contributed by atoms with Crippen molar-refractivity contribution in [2.24, 2.45) is 5.41 Å². The third kappa shape index (κ3) is 2.25. The van der Waals surface area contributed by atoms with Crippen molar-refractivity contribution >= 4 is 11.5 Å². The molecule has 0 amide bonds. The van der Waals surface area contributed by atoms with E-state index in [4.69, 9.17) is 0 Å². The molecule has 0 saturated carbocycles. The van der Waals surface area contributed by atoms with E-state index in [2.05, 4.69) is 9.59 Å². The molecule has 0 bridgehead atoms. The van der Waals surface area contributed by atoms with Crippen molar-refractivity contribution in [1.29, 1.82) is 0 Å². The molecule has 1 unspecified atom stereocenters. The molecular formula is C9H16N2OS. The van der Waals surface area contributed by atoms with Crippen LogP contribution in [0, 0.1) is 5.41 Å². The van der Waals surface area contributed by atoms with Gasteiger partial charge in [0.25, 0.3) is 0 Å². The largest absolute Gasteiger partial charge is 0.387 e. The van der Waals surface area contributed by atoms with Gasteiger partial charge in [0, 0.05) is 0 Å². The maximum Gasteiger partial charge on any atom is 0.0965 e. The van der Waals surface area contributed by atoms with Gasteiger partial charge in [-0.3, -0.25) is 0 Å². The predicted molar refractivity (Wildman–Crippen MR) is 53.7 cm³/mol. The summed E-state index contributed by atoms with van der Waals surface area (Å²) >= 11 is 1.30. The third-order valence-electron chi connectivity index (χ3n) is 1.99. The van der Waals surface area contributed by atoms with Gasteiger partial charge in [-0.25, -0.2) is 0 Å². The van der Waals surface area contributed by atoms with Crippen LogP contribution in [-0.2, 0) is 6.42 Å². The second-order valence-corrected chi connectivity index (χ2v) is 4.99. The Morgan fingerprint density at radius 1 is 1.46 bits per heavy atom. The molecule has 0 aliphatic carbocycles. The van der Waals surface area contributed by atoms with E-state index in [9.17, 15) is 5.11 Å². The van der Waals surface area contributed by atoms with Crippen LogP contribution in [-0.4, -0.2) is 14.7 Å². The van der Waals surface area contributed by atoms with Crippen molar-refractivity contribution in [3.8, 4) is 0 Å². The Balaban J connectivity index is 2.94. The molecule has 1 N–H and O–H groups in total.